The fourth-order valence-corrected chi connectivity index (χ4v) is 27.4. The molecule has 10 aliphatic rings. The van der Waals surface area contributed by atoms with Gasteiger partial charge in [-0.3, -0.25) is 9.98 Å². The molecule has 1 radical (unpaired) electrons. The molecule has 2 aromatic carbocycles. The average molecular weight is 1700 g/mol. The SMILES string of the molecule is CCOC(=O)C1=C(C2CCCCC2C(C)C)/C(=C(\c2ccc(C(C)(C)C)cc2)c2[n-]c(C3CCCCC3C(C)C)cc2C2CCCCC2C(C)C)N=C1C1CCCCC1C(C)C.CCc1c(C2CCCCC2C(C)C)[n-]c(/C(=C2\N=C(C3CCCCC3C(C)C)C=C2C2CCCCC2C(C)C)c2ccc(C(C)(C)C)cc2)c1C1CCCCC1C(C)C.[Co+2]. The minimum Gasteiger partial charge on any atom is -0.660 e. The van der Waals surface area contributed by atoms with Crippen LogP contribution in [-0.2, 0) is 43.6 Å². The van der Waals surface area contributed by atoms with Gasteiger partial charge in [0, 0.05) is 17.5 Å². The van der Waals surface area contributed by atoms with E-state index in [0.29, 0.717) is 137 Å². The van der Waals surface area contributed by atoms with Gasteiger partial charge in [-0.2, -0.15) is 11.4 Å². The van der Waals surface area contributed by atoms with Gasteiger partial charge >= 0.3 is 22.7 Å². The molecule has 2 aromatic heterocycles. The molecule has 6 nitrogen and oxygen atoms in total. The standard InChI is InChI=1S/C58H88N2O2.C57H87N2.Co/c1-13-62-57(61)53-52(47-28-20-16-24-43(47)37(6)7)56(60-54(53)48-29-21-17-25-44(48)38(8)9)51(39-30-32-40(33-31-39)58(10,11)12)55-49(45-26-18-14-22-41(45)35(2)3)34-50(59-55)46-27-19-15-23-42(46)36(4)5;1-13-41-53(48-28-20-16-24-44(48)37(6)7)56(59-54(41)49-29-21-17-25-45(49)38(8)9)52(39-30-32-40(33-31-39)57(10,11)12)55-50(46-26-18-14-22-42(46)35(2)3)34-51(58-55)47-27-19-15-23-43(47)36(4)5;/h30-38,41-48H,13-29H2,1-12H3,(H,59,60,61);30-38,42-49H,13-29H2,1-12H3;/q;-1;+2/p-1/b;55-52-;. The number of aliphatic imine (C=N–C) groups is 2. The maximum absolute atomic E-state index is 15.0. The van der Waals surface area contributed by atoms with E-state index in [9.17, 15) is 0 Å². The molecule has 7 heteroatoms. The van der Waals surface area contributed by atoms with Crippen LogP contribution in [0.4, 0.5) is 0 Å². The molecule has 16 atom stereocenters. The largest absolute Gasteiger partial charge is 2.00 e. The molecule has 675 valence electrons. The maximum Gasteiger partial charge on any atom is 2.00 e. The van der Waals surface area contributed by atoms with Gasteiger partial charge in [-0.1, -0.05) is 333 Å². The second-order valence-corrected chi connectivity index (χ2v) is 46.2. The summed E-state index contributed by atoms with van der Waals surface area (Å²) in [5, 5.41) is 0. The van der Waals surface area contributed by atoms with Crippen LogP contribution in [0.3, 0.4) is 0 Å². The van der Waals surface area contributed by atoms with Crippen molar-refractivity contribution in [1.29, 1.82) is 0 Å². The molecule has 16 unspecified atom stereocenters. The van der Waals surface area contributed by atoms with E-state index in [1.54, 1.807) is 16.7 Å². The minimum atomic E-state index is -0.148. The number of nitrogens with zero attached hydrogens (tertiary/aromatic N) is 4. The zero-order valence-electron chi connectivity index (χ0n) is 82.1. The third-order valence-corrected chi connectivity index (χ3v) is 34.0. The molecule has 0 saturated heterocycles. The third kappa shape index (κ3) is 20.9. The van der Waals surface area contributed by atoms with Gasteiger partial charge in [0.25, 0.3) is 0 Å². The first-order chi connectivity index (χ1) is 57.8. The van der Waals surface area contributed by atoms with Crippen molar-refractivity contribution in [3.63, 3.8) is 0 Å². The first-order valence-corrected chi connectivity index (χ1v) is 51.7. The number of allylic oxidation sites excluding steroid dienone is 3. The monoisotopic (exact) mass is 1700 g/mol. The van der Waals surface area contributed by atoms with Crippen LogP contribution in [-0.4, -0.2) is 24.0 Å². The molecule has 8 fully saturated rings. The van der Waals surface area contributed by atoms with Crippen molar-refractivity contribution in [2.24, 2.45) is 128 Å². The van der Waals surface area contributed by atoms with Crippen molar-refractivity contribution >= 4 is 28.5 Å². The van der Waals surface area contributed by atoms with Gasteiger partial charge < -0.3 is 14.7 Å². The molecular formula is C115H174CoN4O2. The molecule has 8 aliphatic carbocycles. The summed E-state index contributed by atoms with van der Waals surface area (Å²) in [6.07, 6.45) is 44.8. The number of carbonyl (C=O) groups excluding carboxylic acids is 1. The Morgan fingerprint density at radius 3 is 1.20 bits per heavy atom. The van der Waals surface area contributed by atoms with Crippen LogP contribution in [0.2, 0.25) is 0 Å². The van der Waals surface area contributed by atoms with Crippen LogP contribution in [0.15, 0.2) is 98.8 Å². The van der Waals surface area contributed by atoms with Crippen LogP contribution >= 0.6 is 0 Å². The summed E-state index contributed by atoms with van der Waals surface area (Å²) >= 11 is 0. The van der Waals surface area contributed by atoms with Crippen LogP contribution in [0, 0.1) is 118 Å². The summed E-state index contributed by atoms with van der Waals surface area (Å²) in [5.74, 6) is 13.4. The summed E-state index contributed by atoms with van der Waals surface area (Å²) < 4.78 is 6.21. The Hall–Kier alpha value is -4.72. The predicted molar refractivity (Wildman–Crippen MR) is 517 cm³/mol. The smallest absolute Gasteiger partial charge is 0.660 e. The number of carbonyl (C=O) groups is 1. The number of benzene rings is 2. The molecule has 4 aromatic rings. The van der Waals surface area contributed by atoms with Crippen LogP contribution < -0.4 is 9.97 Å². The fraction of sp³-hybridized carbons (Fsp3) is 0.730. The van der Waals surface area contributed by atoms with Gasteiger partial charge in [0.1, 0.15) is 0 Å². The molecule has 2 aliphatic heterocycles. The molecular weight excluding hydrogens is 1530 g/mol. The van der Waals surface area contributed by atoms with E-state index in [4.69, 9.17) is 24.7 Å². The number of ether oxygens (including phenoxy) is 1. The Labute approximate surface area is 757 Å². The Kier molecular flexibility index (Phi) is 33.4. The first kappa shape index (κ1) is 96.4. The van der Waals surface area contributed by atoms with E-state index in [2.05, 4.69) is 220 Å². The van der Waals surface area contributed by atoms with E-state index in [-0.39, 0.29) is 45.4 Å². The van der Waals surface area contributed by atoms with Crippen molar-refractivity contribution in [2.45, 2.75) is 413 Å². The molecule has 8 saturated carbocycles. The summed E-state index contributed by atoms with van der Waals surface area (Å²) in [6.45, 7) is 58.3. The average Bonchev–Trinajstić information content (AvgIpc) is 1.57. The molecule has 0 amide bonds. The van der Waals surface area contributed by atoms with Crippen molar-refractivity contribution in [3.05, 3.63) is 151 Å². The number of hydrogen-bond donors (Lipinski definition) is 0. The Bertz CT molecular complexity index is 4280. The van der Waals surface area contributed by atoms with Gasteiger partial charge in [-0.25, -0.2) is 4.79 Å². The first-order valence-electron chi connectivity index (χ1n) is 51.7. The van der Waals surface area contributed by atoms with Gasteiger partial charge in [-0.15, -0.1) is 11.4 Å². The Balaban J connectivity index is 0.000000222. The molecule has 122 heavy (non-hydrogen) atoms. The van der Waals surface area contributed by atoms with Crippen LogP contribution in [0.1, 0.15) is 457 Å². The quantitative estimate of drug-likeness (QED) is 0.0693. The Morgan fingerprint density at radius 1 is 0.393 bits per heavy atom. The van der Waals surface area contributed by atoms with Gasteiger partial charge in [0.05, 0.1) is 29.3 Å². The van der Waals surface area contributed by atoms with E-state index in [1.165, 1.54) is 271 Å². The summed E-state index contributed by atoms with van der Waals surface area (Å²) in [5.41, 5.74) is 26.6. The molecule has 14 rings (SSSR count). The second-order valence-electron chi connectivity index (χ2n) is 46.2. The minimum absolute atomic E-state index is 0. The van der Waals surface area contributed by atoms with Crippen molar-refractivity contribution < 1.29 is 26.3 Å². The molecule has 0 N–H and O–H groups in total. The zero-order chi connectivity index (χ0) is 86.6. The van der Waals surface area contributed by atoms with Gasteiger partial charge in [0.15, 0.2) is 0 Å². The second kappa shape index (κ2) is 42.2. The zero-order valence-corrected chi connectivity index (χ0v) is 83.2. The van der Waals surface area contributed by atoms with Crippen molar-refractivity contribution in [1.82, 2.24) is 9.97 Å². The normalized spacial score (nSPS) is 30.0. The maximum atomic E-state index is 15.0. The van der Waals surface area contributed by atoms with E-state index in [1.807, 2.05) is 6.92 Å². The van der Waals surface area contributed by atoms with Crippen LogP contribution in [0.25, 0.3) is 11.1 Å². The summed E-state index contributed by atoms with van der Waals surface area (Å²) in [4.78, 5) is 39.6. The van der Waals surface area contributed by atoms with Gasteiger partial charge in [-0.05, 0) is 308 Å². The summed E-state index contributed by atoms with van der Waals surface area (Å²) in [6, 6.07) is 22.1. The number of aromatic nitrogens is 2. The van der Waals surface area contributed by atoms with Crippen molar-refractivity contribution in [2.75, 3.05) is 6.61 Å². The van der Waals surface area contributed by atoms with Gasteiger partial charge in [0.2, 0.25) is 0 Å². The Morgan fingerprint density at radius 2 is 0.746 bits per heavy atom. The topological polar surface area (TPSA) is 79.2 Å². The van der Waals surface area contributed by atoms with E-state index >= 15 is 4.79 Å². The van der Waals surface area contributed by atoms with Crippen molar-refractivity contribution in [3.8, 4) is 0 Å². The van der Waals surface area contributed by atoms with Crippen LogP contribution in [0.5, 0.6) is 0 Å². The fourth-order valence-electron chi connectivity index (χ4n) is 27.4. The number of hydrogen-bond acceptors (Lipinski definition) is 4. The molecule has 4 heterocycles. The van der Waals surface area contributed by atoms with E-state index in [0.717, 1.165) is 36.2 Å². The molecule has 0 spiro atoms. The molecule has 0 bridgehead atoms. The third-order valence-electron chi connectivity index (χ3n) is 34.0. The number of rotatable bonds is 23. The number of esters is 1. The summed E-state index contributed by atoms with van der Waals surface area (Å²) in [7, 11) is 0. The predicted octanol–water partition coefficient (Wildman–Crippen LogP) is 32.2. The van der Waals surface area contributed by atoms with E-state index < -0.39 is 0 Å².